The van der Waals surface area contributed by atoms with Crippen LogP contribution in [0.3, 0.4) is 0 Å². The third-order valence-corrected chi connectivity index (χ3v) is 4.00. The normalized spacial score (nSPS) is 20.0. The smallest absolute Gasteiger partial charge is 0.292 e. The van der Waals surface area contributed by atoms with Crippen molar-refractivity contribution >= 4 is 27.9 Å². The van der Waals surface area contributed by atoms with Crippen LogP contribution in [-0.4, -0.2) is 24.7 Å². The van der Waals surface area contributed by atoms with Gasteiger partial charge in [-0.1, -0.05) is 34.1 Å². The van der Waals surface area contributed by atoms with Crippen LogP contribution in [0.25, 0.3) is 0 Å². The molecule has 3 rings (SSSR count). The zero-order chi connectivity index (χ0) is 17.1. The third kappa shape index (κ3) is 3.62. The molecule has 1 aliphatic heterocycles. The van der Waals surface area contributed by atoms with E-state index in [1.54, 1.807) is 30.3 Å². The van der Waals surface area contributed by atoms with Crippen LogP contribution in [0.5, 0.6) is 0 Å². The standard InChI is InChI=1S/C17H13BrF2N2O2/c18-11-6-7-13(19)12(8-11)15-14(20)9-24-17(21-15)22-16(23)10-4-2-1-3-5-10/h1-8,14-15H,9H2,(H,21,22,23). The number of nitrogens with one attached hydrogen (secondary N) is 1. The second-order valence-electron chi connectivity index (χ2n) is 5.19. The summed E-state index contributed by atoms with van der Waals surface area (Å²) in [7, 11) is 0. The predicted octanol–water partition coefficient (Wildman–Crippen LogP) is 3.78. The van der Waals surface area contributed by atoms with E-state index >= 15 is 0 Å². The molecule has 0 bridgehead atoms. The van der Waals surface area contributed by atoms with Crippen molar-refractivity contribution in [3.63, 3.8) is 0 Å². The van der Waals surface area contributed by atoms with Crippen molar-refractivity contribution in [2.75, 3.05) is 6.61 Å². The van der Waals surface area contributed by atoms with Crippen molar-refractivity contribution in [2.24, 2.45) is 4.99 Å². The first-order valence-electron chi connectivity index (χ1n) is 7.20. The molecule has 0 aliphatic carbocycles. The summed E-state index contributed by atoms with van der Waals surface area (Å²) >= 11 is 3.23. The first-order valence-corrected chi connectivity index (χ1v) is 8.00. The van der Waals surface area contributed by atoms with Crippen LogP contribution in [0.2, 0.25) is 0 Å². The molecular formula is C17H13BrF2N2O2. The number of amides is 1. The van der Waals surface area contributed by atoms with Crippen molar-refractivity contribution in [3.05, 3.63) is 69.9 Å². The minimum Gasteiger partial charge on any atom is -0.462 e. The number of ether oxygens (including phenoxy) is 1. The molecule has 1 heterocycles. The maximum absolute atomic E-state index is 14.2. The first kappa shape index (κ1) is 16.6. The highest BCUT2D eigenvalue weighted by molar-refractivity contribution is 9.10. The minimum atomic E-state index is -1.51. The number of hydrogen-bond donors (Lipinski definition) is 1. The number of benzene rings is 2. The Morgan fingerprint density at radius 2 is 2.00 bits per heavy atom. The van der Waals surface area contributed by atoms with E-state index in [2.05, 4.69) is 26.2 Å². The monoisotopic (exact) mass is 394 g/mol. The van der Waals surface area contributed by atoms with Gasteiger partial charge in [0.2, 0.25) is 0 Å². The molecule has 1 N–H and O–H groups in total. The Labute approximate surface area is 145 Å². The number of hydrogen-bond acceptors (Lipinski definition) is 3. The fraction of sp³-hybridized carbons (Fsp3) is 0.176. The molecule has 0 spiro atoms. The number of carbonyl (C=O) groups is 1. The van der Waals surface area contributed by atoms with Gasteiger partial charge in [0.1, 0.15) is 18.5 Å². The van der Waals surface area contributed by atoms with Gasteiger partial charge in [-0.2, -0.15) is 0 Å². The van der Waals surface area contributed by atoms with Crippen molar-refractivity contribution in [3.8, 4) is 0 Å². The quantitative estimate of drug-likeness (QED) is 0.842. The SMILES string of the molecule is O=C(NC1=NC(c2cc(Br)ccc2F)C(F)CO1)c1ccccc1. The van der Waals surface area contributed by atoms with Crippen LogP contribution >= 0.6 is 15.9 Å². The minimum absolute atomic E-state index is 0.103. The third-order valence-electron chi connectivity index (χ3n) is 3.51. The van der Waals surface area contributed by atoms with E-state index in [-0.39, 0.29) is 18.2 Å². The predicted molar refractivity (Wildman–Crippen MR) is 89.0 cm³/mol. The second kappa shape index (κ2) is 7.09. The highest BCUT2D eigenvalue weighted by Crippen LogP contribution is 2.31. The van der Waals surface area contributed by atoms with Gasteiger partial charge in [-0.3, -0.25) is 10.1 Å². The van der Waals surface area contributed by atoms with Crippen LogP contribution in [0.15, 0.2) is 58.0 Å². The van der Waals surface area contributed by atoms with Crippen molar-refractivity contribution < 1.29 is 18.3 Å². The molecule has 2 unspecified atom stereocenters. The molecule has 0 fully saturated rings. The van der Waals surface area contributed by atoms with Crippen molar-refractivity contribution in [2.45, 2.75) is 12.2 Å². The van der Waals surface area contributed by atoms with Gasteiger partial charge in [0.25, 0.3) is 11.9 Å². The van der Waals surface area contributed by atoms with E-state index in [0.717, 1.165) is 0 Å². The Kier molecular flexibility index (Phi) is 4.89. The lowest BCUT2D eigenvalue weighted by Crippen LogP contribution is -2.39. The van der Waals surface area contributed by atoms with Gasteiger partial charge in [0.15, 0.2) is 6.17 Å². The Morgan fingerprint density at radius 3 is 2.75 bits per heavy atom. The number of nitrogens with zero attached hydrogens (tertiary/aromatic N) is 1. The van der Waals surface area contributed by atoms with Gasteiger partial charge in [-0.05, 0) is 30.3 Å². The summed E-state index contributed by atoms with van der Waals surface area (Å²) in [5.41, 5.74) is 0.517. The summed E-state index contributed by atoms with van der Waals surface area (Å²) in [4.78, 5) is 16.1. The molecule has 4 nitrogen and oxygen atoms in total. The molecule has 7 heteroatoms. The van der Waals surface area contributed by atoms with Gasteiger partial charge in [0, 0.05) is 15.6 Å². The van der Waals surface area contributed by atoms with E-state index in [4.69, 9.17) is 4.74 Å². The summed E-state index contributed by atoms with van der Waals surface area (Å²) in [6.07, 6.45) is -1.51. The van der Waals surface area contributed by atoms with E-state index in [1.807, 2.05) is 0 Å². The molecule has 0 aromatic heterocycles. The lowest BCUT2D eigenvalue weighted by atomic mass is 10.0. The Balaban J connectivity index is 1.84. The van der Waals surface area contributed by atoms with E-state index < -0.39 is 23.9 Å². The molecule has 1 amide bonds. The molecule has 124 valence electrons. The first-order chi connectivity index (χ1) is 11.5. The van der Waals surface area contributed by atoms with E-state index in [1.165, 1.54) is 18.2 Å². The molecule has 24 heavy (non-hydrogen) atoms. The zero-order valence-electron chi connectivity index (χ0n) is 12.4. The number of aliphatic imine (C=N–C) groups is 1. The van der Waals surface area contributed by atoms with Gasteiger partial charge in [0.05, 0.1) is 0 Å². The number of amidine groups is 1. The fourth-order valence-electron chi connectivity index (χ4n) is 2.33. The largest absolute Gasteiger partial charge is 0.462 e. The molecule has 1 aliphatic rings. The Hall–Kier alpha value is -2.28. The van der Waals surface area contributed by atoms with Gasteiger partial charge in [-0.25, -0.2) is 13.8 Å². The van der Waals surface area contributed by atoms with Crippen LogP contribution in [0.4, 0.5) is 8.78 Å². The molecule has 0 radical (unpaired) electrons. The topological polar surface area (TPSA) is 50.7 Å². The van der Waals surface area contributed by atoms with Crippen LogP contribution < -0.4 is 5.32 Å². The molecular weight excluding hydrogens is 382 g/mol. The zero-order valence-corrected chi connectivity index (χ0v) is 14.0. The molecule has 0 saturated carbocycles. The summed E-state index contributed by atoms with van der Waals surface area (Å²) < 4.78 is 33.9. The maximum Gasteiger partial charge on any atom is 0.292 e. The molecule has 2 aromatic carbocycles. The van der Waals surface area contributed by atoms with Crippen molar-refractivity contribution in [1.82, 2.24) is 5.32 Å². The van der Waals surface area contributed by atoms with Crippen LogP contribution in [0.1, 0.15) is 22.0 Å². The highest BCUT2D eigenvalue weighted by Gasteiger charge is 2.31. The lowest BCUT2D eigenvalue weighted by molar-refractivity contribution is 0.0938. The molecule has 0 saturated heterocycles. The van der Waals surface area contributed by atoms with Crippen LogP contribution in [-0.2, 0) is 4.74 Å². The number of halogens is 3. The van der Waals surface area contributed by atoms with Gasteiger partial charge < -0.3 is 4.74 Å². The second-order valence-corrected chi connectivity index (χ2v) is 6.11. The van der Waals surface area contributed by atoms with Crippen LogP contribution in [0, 0.1) is 5.82 Å². The number of carbonyl (C=O) groups excluding carboxylic acids is 1. The lowest BCUT2D eigenvalue weighted by Gasteiger charge is -2.25. The fourth-order valence-corrected chi connectivity index (χ4v) is 2.71. The number of alkyl halides is 1. The summed E-state index contributed by atoms with van der Waals surface area (Å²) in [5.74, 6) is -0.995. The van der Waals surface area contributed by atoms with Crippen molar-refractivity contribution in [1.29, 1.82) is 0 Å². The highest BCUT2D eigenvalue weighted by atomic mass is 79.9. The van der Waals surface area contributed by atoms with Gasteiger partial charge >= 0.3 is 0 Å². The summed E-state index contributed by atoms with van der Waals surface area (Å²) in [6, 6.07) is 11.5. The molecule has 2 atom stereocenters. The average Bonchev–Trinajstić information content (AvgIpc) is 2.59. The maximum atomic E-state index is 14.2. The van der Waals surface area contributed by atoms with Gasteiger partial charge in [-0.15, -0.1) is 0 Å². The Bertz CT molecular complexity index is 783. The van der Waals surface area contributed by atoms with E-state index in [9.17, 15) is 13.6 Å². The molecule has 2 aromatic rings. The number of rotatable bonds is 2. The Morgan fingerprint density at radius 1 is 1.25 bits per heavy atom. The van der Waals surface area contributed by atoms with E-state index in [0.29, 0.717) is 10.0 Å². The summed E-state index contributed by atoms with van der Waals surface area (Å²) in [6.45, 7) is -0.315. The summed E-state index contributed by atoms with van der Waals surface area (Å²) in [5, 5.41) is 2.48. The average molecular weight is 395 g/mol.